The van der Waals surface area contributed by atoms with Crippen LogP contribution in [-0.4, -0.2) is 12.6 Å². The van der Waals surface area contributed by atoms with E-state index >= 15 is 0 Å². The van der Waals surface area contributed by atoms with Crippen LogP contribution in [-0.2, 0) is 11.3 Å². The van der Waals surface area contributed by atoms with Crippen molar-refractivity contribution in [2.45, 2.75) is 20.0 Å². The topological polar surface area (TPSA) is 59.3 Å². The summed E-state index contributed by atoms with van der Waals surface area (Å²) in [6.45, 7) is 3.20. The van der Waals surface area contributed by atoms with Crippen LogP contribution < -0.4 is 4.74 Å². The van der Waals surface area contributed by atoms with Crippen LogP contribution in [0.5, 0.6) is 5.75 Å². The van der Waals surface area contributed by atoms with Crippen molar-refractivity contribution in [1.29, 1.82) is 5.26 Å². The summed E-state index contributed by atoms with van der Waals surface area (Å²) in [6, 6.07) is 16.9. The Bertz CT molecular complexity index is 1050. The summed E-state index contributed by atoms with van der Waals surface area (Å²) < 4.78 is 38.4. The Morgan fingerprint density at radius 3 is 2.17 bits per heavy atom. The first-order valence-corrected chi connectivity index (χ1v) is 9.40. The number of esters is 1. The summed E-state index contributed by atoms with van der Waals surface area (Å²) in [4.78, 5) is 12.3. The fraction of sp³-hybridized carbons (Fsp3) is 0.167. The summed E-state index contributed by atoms with van der Waals surface area (Å²) in [5.74, 6) is -2.06. The minimum atomic E-state index is -0.924. The molecular weight excluding hydrogens is 388 g/mol. The zero-order valence-corrected chi connectivity index (χ0v) is 16.3. The molecule has 0 aliphatic rings. The first-order valence-electron chi connectivity index (χ1n) is 9.40. The normalized spacial score (nSPS) is 10.5. The van der Waals surface area contributed by atoms with Gasteiger partial charge in [-0.25, -0.2) is 13.6 Å². The molecule has 0 fully saturated rings. The molecular formula is C24H19F2NO3. The highest BCUT2D eigenvalue weighted by molar-refractivity contribution is 5.91. The van der Waals surface area contributed by atoms with E-state index in [9.17, 15) is 13.6 Å². The van der Waals surface area contributed by atoms with Gasteiger partial charge in [-0.2, -0.15) is 5.26 Å². The van der Waals surface area contributed by atoms with Gasteiger partial charge in [0.2, 0.25) is 0 Å². The Balaban J connectivity index is 1.67. The number of halogens is 2. The maximum absolute atomic E-state index is 13.8. The highest BCUT2D eigenvalue weighted by Gasteiger charge is 2.13. The Kier molecular flexibility index (Phi) is 6.89. The summed E-state index contributed by atoms with van der Waals surface area (Å²) in [5, 5.41) is 8.75. The van der Waals surface area contributed by atoms with Gasteiger partial charge in [0.05, 0.1) is 12.2 Å². The second kappa shape index (κ2) is 9.77. The lowest BCUT2D eigenvalue weighted by Gasteiger charge is -2.08. The molecule has 152 valence electrons. The molecule has 30 heavy (non-hydrogen) atoms. The van der Waals surface area contributed by atoms with Gasteiger partial charge >= 0.3 is 5.97 Å². The standard InChI is InChI=1S/C24H19F2NO3/c1-2-11-29-15-16-3-5-18(6-4-16)24(28)30-20-9-7-17(8-10-20)19-12-22(25)21(14-27)23(26)13-19/h3-10,12-13H,2,11,15H2,1H3. The lowest BCUT2D eigenvalue weighted by Crippen LogP contribution is -2.08. The maximum Gasteiger partial charge on any atom is 0.343 e. The lowest BCUT2D eigenvalue weighted by molar-refractivity contribution is 0.0734. The molecule has 0 spiro atoms. The van der Waals surface area contributed by atoms with E-state index in [0.717, 1.165) is 24.1 Å². The maximum atomic E-state index is 13.8. The van der Waals surface area contributed by atoms with Crippen LogP contribution in [0.3, 0.4) is 0 Å². The minimum absolute atomic E-state index is 0.280. The molecule has 0 heterocycles. The average Bonchev–Trinajstić information content (AvgIpc) is 2.74. The zero-order chi connectivity index (χ0) is 21.5. The molecule has 0 unspecified atom stereocenters. The second-order valence-electron chi connectivity index (χ2n) is 6.59. The molecule has 0 aliphatic heterocycles. The van der Waals surface area contributed by atoms with Gasteiger partial charge in [-0.15, -0.1) is 0 Å². The fourth-order valence-corrected chi connectivity index (χ4v) is 2.80. The van der Waals surface area contributed by atoms with Crippen molar-refractivity contribution >= 4 is 5.97 Å². The van der Waals surface area contributed by atoms with Gasteiger partial charge < -0.3 is 9.47 Å². The summed E-state index contributed by atoms with van der Waals surface area (Å²) >= 11 is 0. The monoisotopic (exact) mass is 407 g/mol. The first kappa shape index (κ1) is 21.2. The largest absolute Gasteiger partial charge is 0.423 e. The zero-order valence-electron chi connectivity index (χ0n) is 16.3. The van der Waals surface area contributed by atoms with Crippen molar-refractivity contribution < 1.29 is 23.0 Å². The molecule has 6 heteroatoms. The van der Waals surface area contributed by atoms with Gasteiger partial charge in [0.1, 0.15) is 29.0 Å². The number of nitriles is 1. The first-order chi connectivity index (χ1) is 14.5. The molecule has 4 nitrogen and oxygen atoms in total. The third-order valence-electron chi connectivity index (χ3n) is 4.36. The number of hydrogen-bond donors (Lipinski definition) is 0. The molecule has 3 rings (SSSR count). The quantitative estimate of drug-likeness (QED) is 0.289. The van der Waals surface area contributed by atoms with Crippen LogP contribution in [0, 0.1) is 23.0 Å². The van der Waals surface area contributed by atoms with E-state index in [1.807, 2.05) is 19.1 Å². The van der Waals surface area contributed by atoms with Crippen LogP contribution in [0.15, 0.2) is 60.7 Å². The van der Waals surface area contributed by atoms with Crippen LogP contribution in [0.4, 0.5) is 8.78 Å². The van der Waals surface area contributed by atoms with E-state index in [-0.39, 0.29) is 5.56 Å². The van der Waals surface area contributed by atoms with E-state index in [2.05, 4.69) is 0 Å². The highest BCUT2D eigenvalue weighted by Crippen LogP contribution is 2.26. The SMILES string of the molecule is CCCOCc1ccc(C(=O)Oc2ccc(-c3cc(F)c(C#N)c(F)c3)cc2)cc1. The van der Waals surface area contributed by atoms with Crippen molar-refractivity contribution in [3.63, 3.8) is 0 Å². The molecule has 0 N–H and O–H groups in total. The predicted octanol–water partition coefficient (Wildman–Crippen LogP) is 5.65. The van der Waals surface area contributed by atoms with Crippen molar-refractivity contribution in [3.8, 4) is 22.9 Å². The van der Waals surface area contributed by atoms with Gasteiger partial charge in [-0.1, -0.05) is 31.2 Å². The van der Waals surface area contributed by atoms with Gasteiger partial charge in [0.25, 0.3) is 0 Å². The van der Waals surface area contributed by atoms with Gasteiger partial charge in [-0.05, 0) is 59.5 Å². The number of ether oxygens (including phenoxy) is 2. The molecule has 0 saturated carbocycles. The van der Waals surface area contributed by atoms with Crippen molar-refractivity contribution in [3.05, 3.63) is 89.0 Å². The second-order valence-corrected chi connectivity index (χ2v) is 6.59. The molecule has 3 aromatic rings. The van der Waals surface area contributed by atoms with Gasteiger partial charge in [0.15, 0.2) is 0 Å². The Morgan fingerprint density at radius 2 is 1.60 bits per heavy atom. The highest BCUT2D eigenvalue weighted by atomic mass is 19.1. The molecule has 3 aromatic carbocycles. The van der Waals surface area contributed by atoms with Gasteiger partial charge in [0, 0.05) is 6.61 Å². The summed E-state index contributed by atoms with van der Waals surface area (Å²) in [7, 11) is 0. The molecule has 0 radical (unpaired) electrons. The summed E-state index contributed by atoms with van der Waals surface area (Å²) in [6.07, 6.45) is 0.943. The lowest BCUT2D eigenvalue weighted by atomic mass is 10.0. The van der Waals surface area contributed by atoms with Crippen LogP contribution in [0.2, 0.25) is 0 Å². The Morgan fingerprint density at radius 1 is 0.967 bits per heavy atom. The number of carbonyl (C=O) groups excluding carboxylic acids is 1. The van der Waals surface area contributed by atoms with E-state index < -0.39 is 23.2 Å². The smallest absolute Gasteiger partial charge is 0.343 e. The number of hydrogen-bond acceptors (Lipinski definition) is 4. The van der Waals surface area contributed by atoms with Gasteiger partial charge in [-0.3, -0.25) is 0 Å². The number of carbonyl (C=O) groups is 1. The summed E-state index contributed by atoms with van der Waals surface area (Å²) in [5.41, 5.74) is 1.55. The third kappa shape index (κ3) is 5.07. The average molecular weight is 407 g/mol. The third-order valence-corrected chi connectivity index (χ3v) is 4.36. The van der Waals surface area contributed by atoms with E-state index in [4.69, 9.17) is 14.7 Å². The molecule has 0 atom stereocenters. The van der Waals surface area contributed by atoms with Crippen molar-refractivity contribution in [2.24, 2.45) is 0 Å². The van der Waals surface area contributed by atoms with Crippen LogP contribution in [0.25, 0.3) is 11.1 Å². The predicted molar refractivity (Wildman–Crippen MR) is 108 cm³/mol. The number of benzene rings is 3. The Labute approximate surface area is 173 Å². The minimum Gasteiger partial charge on any atom is -0.423 e. The van der Waals surface area contributed by atoms with E-state index in [1.165, 1.54) is 18.2 Å². The molecule has 0 saturated heterocycles. The van der Waals surface area contributed by atoms with Crippen LogP contribution >= 0.6 is 0 Å². The van der Waals surface area contributed by atoms with Crippen LogP contribution in [0.1, 0.15) is 34.8 Å². The Hall–Kier alpha value is -3.56. The number of rotatable bonds is 7. The molecule has 0 amide bonds. The number of nitrogens with zero attached hydrogens (tertiary/aromatic N) is 1. The van der Waals surface area contributed by atoms with E-state index in [1.54, 1.807) is 24.3 Å². The van der Waals surface area contributed by atoms with Crippen molar-refractivity contribution in [1.82, 2.24) is 0 Å². The van der Waals surface area contributed by atoms with E-state index in [0.29, 0.717) is 30.1 Å². The fourth-order valence-electron chi connectivity index (χ4n) is 2.80. The molecule has 0 bridgehead atoms. The molecule has 0 aromatic heterocycles. The van der Waals surface area contributed by atoms with Crippen molar-refractivity contribution in [2.75, 3.05) is 6.61 Å². The molecule has 0 aliphatic carbocycles.